The van der Waals surface area contributed by atoms with Gasteiger partial charge in [0.25, 0.3) is 0 Å². The highest BCUT2D eigenvalue weighted by molar-refractivity contribution is 7.88. The fourth-order valence-corrected chi connectivity index (χ4v) is 1.14. The first-order valence-electron chi connectivity index (χ1n) is 3.69. The first kappa shape index (κ1) is 10.9. The third-order valence-corrected chi connectivity index (χ3v) is 2.85. The predicted octanol–water partition coefficient (Wildman–Crippen LogP) is 0.882. The van der Waals surface area contributed by atoms with E-state index in [9.17, 15) is 8.42 Å². The summed E-state index contributed by atoms with van der Waals surface area (Å²) in [6.45, 7) is 4.28. The largest absolute Gasteiger partial charge is 0.213 e. The summed E-state index contributed by atoms with van der Waals surface area (Å²) in [6.07, 6.45) is 3.97. The second kappa shape index (κ2) is 4.72. The van der Waals surface area contributed by atoms with Gasteiger partial charge in [-0.05, 0) is 6.42 Å². The molecule has 0 heterocycles. The van der Waals surface area contributed by atoms with Crippen LogP contribution in [0.5, 0.6) is 0 Å². The molecule has 67 valence electrons. The Balaban J connectivity index is 3.62. The molecule has 0 amide bonds. The number of unbranched alkanes of at least 4 members (excludes halogenated alkanes) is 2. The number of sulfonamides is 1. The molecule has 0 bridgehead atoms. The molecule has 11 heavy (non-hydrogen) atoms. The van der Waals surface area contributed by atoms with Crippen molar-refractivity contribution in [1.82, 2.24) is 4.31 Å². The van der Waals surface area contributed by atoms with E-state index in [0.717, 1.165) is 19.3 Å². The topological polar surface area (TPSA) is 37.4 Å². The van der Waals surface area contributed by atoms with E-state index in [1.165, 1.54) is 10.6 Å². The Bertz CT molecular complexity index is 187. The minimum Gasteiger partial charge on any atom is -0.213 e. The summed E-state index contributed by atoms with van der Waals surface area (Å²) >= 11 is 0. The molecule has 0 fully saturated rings. The highest BCUT2D eigenvalue weighted by Gasteiger charge is 2.08. The van der Waals surface area contributed by atoms with Gasteiger partial charge in [-0.15, -0.1) is 0 Å². The summed E-state index contributed by atoms with van der Waals surface area (Å²) in [5.74, 6) is 0. The fraction of sp³-hybridized carbons (Fsp3) is 0.857. The predicted molar refractivity (Wildman–Crippen MR) is 46.7 cm³/mol. The van der Waals surface area contributed by atoms with Crippen molar-refractivity contribution in [3.05, 3.63) is 6.92 Å². The molecule has 0 saturated heterocycles. The Hall–Kier alpha value is -0.0900. The molecule has 0 aliphatic rings. The zero-order valence-electron chi connectivity index (χ0n) is 7.21. The molecule has 0 rings (SSSR count). The van der Waals surface area contributed by atoms with Gasteiger partial charge in [0.2, 0.25) is 10.0 Å². The summed E-state index contributed by atoms with van der Waals surface area (Å²) in [5, 5.41) is 0. The number of nitrogens with zero attached hydrogens (tertiary/aromatic N) is 1. The van der Waals surface area contributed by atoms with Crippen LogP contribution in [0, 0.1) is 6.92 Å². The maximum atomic E-state index is 10.8. The van der Waals surface area contributed by atoms with Crippen molar-refractivity contribution in [2.45, 2.75) is 19.3 Å². The first-order valence-corrected chi connectivity index (χ1v) is 5.54. The lowest BCUT2D eigenvalue weighted by molar-refractivity contribution is 0.461. The van der Waals surface area contributed by atoms with Crippen LogP contribution in [0.2, 0.25) is 0 Å². The van der Waals surface area contributed by atoms with Crippen molar-refractivity contribution in [2.75, 3.05) is 19.8 Å². The Morgan fingerprint density at radius 1 is 1.36 bits per heavy atom. The smallest absolute Gasteiger partial charge is 0.210 e. The van der Waals surface area contributed by atoms with Gasteiger partial charge in [-0.25, -0.2) is 12.7 Å². The third kappa shape index (κ3) is 5.21. The van der Waals surface area contributed by atoms with Gasteiger partial charge in [0.1, 0.15) is 0 Å². The summed E-state index contributed by atoms with van der Waals surface area (Å²) in [4.78, 5) is 0. The number of rotatable bonds is 5. The Labute approximate surface area is 69.4 Å². The van der Waals surface area contributed by atoms with Crippen molar-refractivity contribution < 1.29 is 8.42 Å². The molecule has 0 aliphatic carbocycles. The molecule has 0 spiro atoms. The van der Waals surface area contributed by atoms with Crippen molar-refractivity contribution in [3.63, 3.8) is 0 Å². The van der Waals surface area contributed by atoms with E-state index >= 15 is 0 Å². The zero-order valence-corrected chi connectivity index (χ0v) is 8.02. The minimum absolute atomic E-state index is 0.606. The zero-order chi connectivity index (χ0) is 8.91. The van der Waals surface area contributed by atoms with Gasteiger partial charge in [-0.1, -0.05) is 19.8 Å². The lowest BCUT2D eigenvalue weighted by Gasteiger charge is -2.12. The molecule has 0 atom stereocenters. The highest BCUT2D eigenvalue weighted by atomic mass is 32.2. The molecule has 1 radical (unpaired) electrons. The van der Waals surface area contributed by atoms with Crippen LogP contribution in [0.3, 0.4) is 0 Å². The highest BCUT2D eigenvalue weighted by Crippen LogP contribution is 1.99. The van der Waals surface area contributed by atoms with Crippen LogP contribution >= 0.6 is 0 Å². The monoisotopic (exact) mass is 178 g/mol. The molecular weight excluding hydrogens is 162 g/mol. The fourth-order valence-electron chi connectivity index (χ4n) is 0.677. The summed E-state index contributed by atoms with van der Waals surface area (Å²) in [5.41, 5.74) is 0. The van der Waals surface area contributed by atoms with Crippen LogP contribution in [-0.4, -0.2) is 32.6 Å². The summed E-state index contributed by atoms with van der Waals surface area (Å²) < 4.78 is 23.0. The summed E-state index contributed by atoms with van der Waals surface area (Å²) in [7, 11) is -1.37. The van der Waals surface area contributed by atoms with E-state index in [1.807, 2.05) is 0 Å². The van der Waals surface area contributed by atoms with Gasteiger partial charge in [0, 0.05) is 13.6 Å². The van der Waals surface area contributed by atoms with Gasteiger partial charge < -0.3 is 0 Å². The molecule has 0 aliphatic heterocycles. The minimum atomic E-state index is -2.97. The molecule has 0 aromatic heterocycles. The molecule has 0 aromatic rings. The normalized spacial score (nSPS) is 12.4. The molecule has 0 unspecified atom stereocenters. The Kier molecular flexibility index (Phi) is 4.68. The van der Waals surface area contributed by atoms with Crippen molar-refractivity contribution >= 4 is 10.0 Å². The van der Waals surface area contributed by atoms with Gasteiger partial charge in [0.15, 0.2) is 0 Å². The van der Waals surface area contributed by atoms with Gasteiger partial charge in [-0.2, -0.15) is 0 Å². The standard InChI is InChI=1S/C7H16NO2S/c1-4-5-6-7-8(2)11(3,9)10/h1,4-7H2,2-3H3. The van der Waals surface area contributed by atoms with Gasteiger partial charge >= 0.3 is 0 Å². The number of hydrogen-bond acceptors (Lipinski definition) is 2. The Morgan fingerprint density at radius 3 is 2.27 bits per heavy atom. The van der Waals surface area contributed by atoms with Crippen LogP contribution in [0.25, 0.3) is 0 Å². The van der Waals surface area contributed by atoms with Crippen LogP contribution < -0.4 is 0 Å². The molecule has 0 aromatic carbocycles. The maximum Gasteiger partial charge on any atom is 0.210 e. The molecule has 3 nitrogen and oxygen atoms in total. The van der Waals surface area contributed by atoms with Crippen molar-refractivity contribution in [1.29, 1.82) is 0 Å². The first-order chi connectivity index (χ1) is 4.98. The van der Waals surface area contributed by atoms with E-state index < -0.39 is 10.0 Å². The lowest BCUT2D eigenvalue weighted by Crippen LogP contribution is -2.26. The van der Waals surface area contributed by atoms with Crippen LogP contribution in [0.1, 0.15) is 19.3 Å². The SMILES string of the molecule is [CH2]CCCCN(C)S(C)(=O)=O. The third-order valence-electron chi connectivity index (χ3n) is 1.54. The van der Waals surface area contributed by atoms with Gasteiger partial charge in [-0.3, -0.25) is 0 Å². The molecule has 0 saturated carbocycles. The maximum absolute atomic E-state index is 10.8. The van der Waals surface area contributed by atoms with Crippen LogP contribution in [-0.2, 0) is 10.0 Å². The Morgan fingerprint density at radius 2 is 1.91 bits per heavy atom. The van der Waals surface area contributed by atoms with Crippen LogP contribution in [0.4, 0.5) is 0 Å². The summed E-state index contributed by atoms with van der Waals surface area (Å²) in [6, 6.07) is 0. The lowest BCUT2D eigenvalue weighted by atomic mass is 10.2. The average molecular weight is 178 g/mol. The van der Waals surface area contributed by atoms with Crippen molar-refractivity contribution in [3.8, 4) is 0 Å². The average Bonchev–Trinajstić information content (AvgIpc) is 1.86. The molecule has 0 N–H and O–H groups in total. The van der Waals surface area contributed by atoms with E-state index in [0.29, 0.717) is 6.54 Å². The quantitative estimate of drug-likeness (QED) is 0.586. The van der Waals surface area contributed by atoms with Gasteiger partial charge in [0.05, 0.1) is 6.26 Å². The second-order valence-electron chi connectivity index (χ2n) is 2.65. The van der Waals surface area contributed by atoms with Crippen LogP contribution in [0.15, 0.2) is 0 Å². The molecular formula is C7H16NO2S. The second-order valence-corrected chi connectivity index (χ2v) is 4.73. The van der Waals surface area contributed by atoms with E-state index in [-0.39, 0.29) is 0 Å². The van der Waals surface area contributed by atoms with E-state index in [2.05, 4.69) is 6.92 Å². The van der Waals surface area contributed by atoms with E-state index in [1.54, 1.807) is 7.05 Å². The van der Waals surface area contributed by atoms with Crippen molar-refractivity contribution in [2.24, 2.45) is 0 Å². The molecule has 4 heteroatoms. The van der Waals surface area contributed by atoms with E-state index in [4.69, 9.17) is 0 Å². The number of hydrogen-bond donors (Lipinski definition) is 0.